The summed E-state index contributed by atoms with van der Waals surface area (Å²) in [4.78, 5) is 14.0. The van der Waals surface area contributed by atoms with Crippen LogP contribution in [0.15, 0.2) is 24.3 Å². The third-order valence-corrected chi connectivity index (χ3v) is 3.13. The Morgan fingerprint density at radius 1 is 1.24 bits per heavy atom. The van der Waals surface area contributed by atoms with Crippen LogP contribution in [-0.4, -0.2) is 30.3 Å². The molecule has 0 fully saturated rings. The van der Waals surface area contributed by atoms with Crippen LogP contribution >= 0.6 is 0 Å². The lowest BCUT2D eigenvalue weighted by Gasteiger charge is -2.25. The molecule has 2 nitrogen and oxygen atoms in total. The van der Waals surface area contributed by atoms with Crippen LogP contribution < -0.4 is 0 Å². The molecule has 0 atom stereocenters. The Morgan fingerprint density at radius 2 is 1.76 bits per heavy atom. The molecule has 17 heavy (non-hydrogen) atoms. The first-order valence-corrected chi connectivity index (χ1v) is 6.07. The fraction of sp³-hybridized carbons (Fsp3) is 0.500. The van der Waals surface area contributed by atoms with Gasteiger partial charge in [0.05, 0.1) is 6.54 Å². The van der Waals surface area contributed by atoms with E-state index in [0.29, 0.717) is 18.2 Å². The summed E-state index contributed by atoms with van der Waals surface area (Å²) in [6.45, 7) is 4.62. The van der Waals surface area contributed by atoms with Crippen LogP contribution in [0.1, 0.15) is 37.0 Å². The van der Waals surface area contributed by atoms with E-state index in [0.717, 1.165) is 12.8 Å². The summed E-state index contributed by atoms with van der Waals surface area (Å²) < 4.78 is 12.7. The van der Waals surface area contributed by atoms with Gasteiger partial charge in [-0.3, -0.25) is 9.69 Å². The van der Waals surface area contributed by atoms with E-state index >= 15 is 0 Å². The lowest BCUT2D eigenvalue weighted by atomic mass is 10.1. The quantitative estimate of drug-likeness (QED) is 0.708. The van der Waals surface area contributed by atoms with Crippen molar-refractivity contribution in [1.82, 2.24) is 4.90 Å². The predicted octanol–water partition coefficient (Wildman–Crippen LogP) is 3.13. The van der Waals surface area contributed by atoms with Crippen molar-refractivity contribution in [2.24, 2.45) is 0 Å². The normalized spacial score (nSPS) is 11.2. The number of Topliss-reactive ketones (excluding diaryl/α,β-unsaturated/α-hetero) is 1. The lowest BCUT2D eigenvalue weighted by Crippen LogP contribution is -2.35. The third-order valence-electron chi connectivity index (χ3n) is 3.13. The Kier molecular flexibility index (Phi) is 5.29. The number of hydrogen-bond donors (Lipinski definition) is 0. The van der Waals surface area contributed by atoms with Gasteiger partial charge in [0.1, 0.15) is 5.82 Å². The maximum Gasteiger partial charge on any atom is 0.176 e. The van der Waals surface area contributed by atoms with Crippen LogP contribution in [0.5, 0.6) is 0 Å². The van der Waals surface area contributed by atoms with E-state index in [2.05, 4.69) is 18.7 Å². The first-order valence-electron chi connectivity index (χ1n) is 6.07. The molecular formula is C14H20FNO. The molecule has 0 saturated heterocycles. The Labute approximate surface area is 102 Å². The molecule has 94 valence electrons. The largest absolute Gasteiger partial charge is 0.296 e. The van der Waals surface area contributed by atoms with E-state index in [-0.39, 0.29) is 11.6 Å². The average molecular weight is 237 g/mol. The maximum atomic E-state index is 12.7. The number of likely N-dealkylation sites (N-methyl/N-ethyl adjacent to an activating group) is 1. The number of hydrogen-bond acceptors (Lipinski definition) is 2. The zero-order valence-electron chi connectivity index (χ0n) is 10.7. The summed E-state index contributed by atoms with van der Waals surface area (Å²) >= 11 is 0. The number of carbonyl (C=O) groups is 1. The second kappa shape index (κ2) is 6.50. The number of ketones is 1. The van der Waals surface area contributed by atoms with Crippen LogP contribution in [0, 0.1) is 5.82 Å². The van der Waals surface area contributed by atoms with Gasteiger partial charge in [-0.1, -0.05) is 13.8 Å². The molecule has 0 aliphatic rings. The summed E-state index contributed by atoms with van der Waals surface area (Å²) in [5.41, 5.74) is 0.573. The molecular weight excluding hydrogens is 217 g/mol. The summed E-state index contributed by atoms with van der Waals surface area (Å²) in [5, 5.41) is 0. The fourth-order valence-electron chi connectivity index (χ4n) is 1.99. The number of rotatable bonds is 6. The molecule has 1 aromatic rings. The zero-order chi connectivity index (χ0) is 12.8. The monoisotopic (exact) mass is 237 g/mol. The van der Waals surface area contributed by atoms with Gasteiger partial charge in [0.25, 0.3) is 0 Å². The van der Waals surface area contributed by atoms with Crippen LogP contribution in [0.4, 0.5) is 4.39 Å². The first kappa shape index (κ1) is 13.8. The van der Waals surface area contributed by atoms with Crippen molar-refractivity contribution in [3.8, 4) is 0 Å². The molecule has 0 saturated carbocycles. The first-order chi connectivity index (χ1) is 8.08. The van der Waals surface area contributed by atoms with Crippen molar-refractivity contribution in [2.75, 3.05) is 13.6 Å². The smallest absolute Gasteiger partial charge is 0.176 e. The maximum absolute atomic E-state index is 12.7. The van der Waals surface area contributed by atoms with E-state index in [1.54, 1.807) is 12.1 Å². The summed E-state index contributed by atoms with van der Waals surface area (Å²) in [6.07, 6.45) is 2.06. The van der Waals surface area contributed by atoms with Crippen LogP contribution in [0.25, 0.3) is 0 Å². The summed E-state index contributed by atoms with van der Waals surface area (Å²) in [7, 11) is 1.96. The molecule has 0 heterocycles. The number of halogens is 1. The third kappa shape index (κ3) is 3.93. The molecule has 0 spiro atoms. The summed E-state index contributed by atoms with van der Waals surface area (Å²) in [5.74, 6) is -0.269. The van der Waals surface area contributed by atoms with Crippen LogP contribution in [0.3, 0.4) is 0 Å². The van der Waals surface area contributed by atoms with Gasteiger partial charge >= 0.3 is 0 Å². The lowest BCUT2D eigenvalue weighted by molar-refractivity contribution is 0.0915. The predicted molar refractivity (Wildman–Crippen MR) is 67.7 cm³/mol. The molecule has 3 heteroatoms. The second-order valence-corrected chi connectivity index (χ2v) is 4.32. The van der Waals surface area contributed by atoms with E-state index in [4.69, 9.17) is 0 Å². The van der Waals surface area contributed by atoms with Gasteiger partial charge in [0.2, 0.25) is 0 Å². The SMILES string of the molecule is CCC(CC)N(C)CC(=O)c1ccc(F)cc1. The molecule has 1 rings (SSSR count). The van der Waals surface area contributed by atoms with Crippen molar-refractivity contribution in [2.45, 2.75) is 32.7 Å². The molecule has 1 aromatic carbocycles. The van der Waals surface area contributed by atoms with Crippen molar-refractivity contribution in [1.29, 1.82) is 0 Å². The van der Waals surface area contributed by atoms with Gasteiger partial charge in [-0.25, -0.2) is 4.39 Å². The molecule has 0 N–H and O–H groups in total. The molecule has 0 radical (unpaired) electrons. The highest BCUT2D eigenvalue weighted by molar-refractivity contribution is 5.97. The van der Waals surface area contributed by atoms with Crippen LogP contribution in [-0.2, 0) is 0 Å². The van der Waals surface area contributed by atoms with Gasteiger partial charge < -0.3 is 0 Å². The number of nitrogens with zero attached hydrogens (tertiary/aromatic N) is 1. The summed E-state index contributed by atoms with van der Waals surface area (Å²) in [6, 6.07) is 6.16. The average Bonchev–Trinajstić information content (AvgIpc) is 2.31. The van der Waals surface area contributed by atoms with E-state index < -0.39 is 0 Å². The van der Waals surface area contributed by atoms with Gasteiger partial charge in [-0.15, -0.1) is 0 Å². The molecule has 0 unspecified atom stereocenters. The van der Waals surface area contributed by atoms with Gasteiger partial charge in [-0.2, -0.15) is 0 Å². The second-order valence-electron chi connectivity index (χ2n) is 4.32. The molecule has 0 aliphatic carbocycles. The Morgan fingerprint density at radius 3 is 2.24 bits per heavy atom. The Bertz CT molecular complexity index is 357. The van der Waals surface area contributed by atoms with Gasteiger partial charge in [-0.05, 0) is 44.2 Å². The highest BCUT2D eigenvalue weighted by Crippen LogP contribution is 2.09. The van der Waals surface area contributed by atoms with Gasteiger partial charge in [0.15, 0.2) is 5.78 Å². The highest BCUT2D eigenvalue weighted by atomic mass is 19.1. The van der Waals surface area contributed by atoms with Gasteiger partial charge in [0, 0.05) is 11.6 Å². The van der Waals surface area contributed by atoms with E-state index in [1.807, 2.05) is 7.05 Å². The topological polar surface area (TPSA) is 20.3 Å². The minimum atomic E-state index is -0.310. The molecule has 0 aromatic heterocycles. The van der Waals surface area contributed by atoms with Crippen molar-refractivity contribution >= 4 is 5.78 Å². The van der Waals surface area contributed by atoms with Crippen molar-refractivity contribution < 1.29 is 9.18 Å². The molecule has 0 bridgehead atoms. The van der Waals surface area contributed by atoms with E-state index in [1.165, 1.54) is 12.1 Å². The van der Waals surface area contributed by atoms with Crippen molar-refractivity contribution in [3.05, 3.63) is 35.6 Å². The zero-order valence-corrected chi connectivity index (χ0v) is 10.7. The Hall–Kier alpha value is -1.22. The van der Waals surface area contributed by atoms with E-state index in [9.17, 15) is 9.18 Å². The number of benzene rings is 1. The highest BCUT2D eigenvalue weighted by Gasteiger charge is 2.15. The van der Waals surface area contributed by atoms with Crippen molar-refractivity contribution in [3.63, 3.8) is 0 Å². The molecule has 0 aliphatic heterocycles. The minimum Gasteiger partial charge on any atom is -0.296 e. The standard InChI is InChI=1S/C14H20FNO/c1-4-13(5-2)16(3)10-14(17)11-6-8-12(15)9-7-11/h6-9,13H,4-5,10H2,1-3H3. The molecule has 0 amide bonds. The van der Waals surface area contributed by atoms with Crippen LogP contribution in [0.2, 0.25) is 0 Å². The number of carbonyl (C=O) groups excluding carboxylic acids is 1. The Balaban J connectivity index is 2.62. The fourth-order valence-corrected chi connectivity index (χ4v) is 1.99. The minimum absolute atomic E-state index is 0.0411.